The Morgan fingerprint density at radius 3 is 2.24 bits per heavy atom. The molecule has 0 aromatic heterocycles. The summed E-state index contributed by atoms with van der Waals surface area (Å²) in [7, 11) is 0. The molecule has 0 spiro atoms. The number of benzene rings is 1. The molecule has 5 heteroatoms. The minimum Gasteiger partial charge on any atom is -0.466 e. The van der Waals surface area contributed by atoms with Crippen LogP contribution in [-0.2, 0) is 25.7 Å². The summed E-state index contributed by atoms with van der Waals surface area (Å²) in [4.78, 5) is 25.4. The van der Waals surface area contributed by atoms with Crippen molar-refractivity contribution in [2.24, 2.45) is 35.5 Å². The van der Waals surface area contributed by atoms with Crippen molar-refractivity contribution in [3.63, 3.8) is 0 Å². The average molecular weight is 361 g/mol. The molecule has 4 aliphatic rings. The SMILES string of the molecule is CCOC(=O)C1C2C=CC(C3CC23)C1C(=O)OCc1ccccc1Cl. The molecule has 132 valence electrons. The van der Waals surface area contributed by atoms with Crippen LogP contribution >= 0.6 is 11.6 Å². The number of carbonyl (C=O) groups excluding carboxylic acids is 2. The minimum atomic E-state index is -0.444. The van der Waals surface area contributed by atoms with Crippen molar-refractivity contribution < 1.29 is 19.1 Å². The third kappa shape index (κ3) is 2.86. The number of esters is 2. The molecule has 0 aliphatic heterocycles. The van der Waals surface area contributed by atoms with Crippen LogP contribution in [0.5, 0.6) is 0 Å². The van der Waals surface area contributed by atoms with E-state index in [4.69, 9.17) is 21.1 Å². The third-order valence-corrected chi connectivity index (χ3v) is 6.18. The Bertz CT molecular complexity index is 728. The average Bonchev–Trinajstić information content (AvgIpc) is 3.43. The number of rotatable bonds is 5. The van der Waals surface area contributed by atoms with Gasteiger partial charge in [-0.25, -0.2) is 0 Å². The predicted octanol–water partition coefficient (Wildman–Crippen LogP) is 3.63. The number of hydrogen-bond donors (Lipinski definition) is 0. The second-order valence-corrected chi connectivity index (χ2v) is 7.51. The maximum absolute atomic E-state index is 12.8. The van der Waals surface area contributed by atoms with Crippen LogP contribution in [0, 0.1) is 35.5 Å². The third-order valence-electron chi connectivity index (χ3n) is 5.81. The van der Waals surface area contributed by atoms with Gasteiger partial charge in [0, 0.05) is 10.6 Å². The van der Waals surface area contributed by atoms with E-state index < -0.39 is 11.8 Å². The standard InChI is InChI=1S/C20H21ClO4/c1-2-24-19(22)17-12-7-8-13(15-9-14(12)15)18(17)20(23)25-10-11-5-3-4-6-16(11)21/h3-8,12-15,17-18H,2,9-10H2,1H3. The van der Waals surface area contributed by atoms with Gasteiger partial charge in [-0.2, -0.15) is 0 Å². The first-order valence-corrected chi connectivity index (χ1v) is 9.24. The highest BCUT2D eigenvalue weighted by Crippen LogP contribution is 2.63. The van der Waals surface area contributed by atoms with E-state index in [9.17, 15) is 9.59 Å². The van der Waals surface area contributed by atoms with Crippen LogP contribution in [0.15, 0.2) is 36.4 Å². The first-order chi connectivity index (χ1) is 12.1. The van der Waals surface area contributed by atoms with Gasteiger partial charge < -0.3 is 9.47 Å². The molecule has 1 aromatic carbocycles. The summed E-state index contributed by atoms with van der Waals surface area (Å²) in [6, 6.07) is 7.30. The lowest BCUT2D eigenvalue weighted by Crippen LogP contribution is -2.47. The Morgan fingerprint density at radius 2 is 1.64 bits per heavy atom. The van der Waals surface area contributed by atoms with E-state index in [0.29, 0.717) is 23.5 Å². The van der Waals surface area contributed by atoms with E-state index in [2.05, 4.69) is 12.2 Å². The molecule has 0 amide bonds. The molecule has 4 nitrogen and oxygen atoms in total. The molecule has 4 aliphatic carbocycles. The second kappa shape index (κ2) is 6.49. The Balaban J connectivity index is 1.52. The second-order valence-electron chi connectivity index (χ2n) is 7.11. The minimum absolute atomic E-state index is 0.0863. The van der Waals surface area contributed by atoms with Gasteiger partial charge in [0.2, 0.25) is 0 Å². The summed E-state index contributed by atoms with van der Waals surface area (Å²) in [5.41, 5.74) is 0.769. The highest BCUT2D eigenvalue weighted by Gasteiger charge is 2.63. The van der Waals surface area contributed by atoms with Crippen LogP contribution in [-0.4, -0.2) is 18.5 Å². The van der Waals surface area contributed by atoms with Gasteiger partial charge in [-0.1, -0.05) is 42.0 Å². The van der Waals surface area contributed by atoms with Crippen molar-refractivity contribution in [2.45, 2.75) is 20.0 Å². The van der Waals surface area contributed by atoms with Crippen LogP contribution in [0.3, 0.4) is 0 Å². The van der Waals surface area contributed by atoms with Gasteiger partial charge in [-0.3, -0.25) is 9.59 Å². The molecule has 6 unspecified atom stereocenters. The van der Waals surface area contributed by atoms with Crippen LogP contribution < -0.4 is 0 Å². The van der Waals surface area contributed by atoms with Crippen molar-refractivity contribution in [3.8, 4) is 0 Å². The summed E-state index contributed by atoms with van der Waals surface area (Å²) in [5, 5.41) is 0.574. The Labute approximate surface area is 152 Å². The molecule has 5 rings (SSSR count). The van der Waals surface area contributed by atoms with Crippen molar-refractivity contribution in [3.05, 3.63) is 47.0 Å². The van der Waals surface area contributed by atoms with Gasteiger partial charge in [-0.05, 0) is 43.1 Å². The molecule has 0 N–H and O–H groups in total. The van der Waals surface area contributed by atoms with E-state index in [1.807, 2.05) is 18.2 Å². The normalized spacial score (nSPS) is 34.3. The maximum Gasteiger partial charge on any atom is 0.310 e. The monoisotopic (exact) mass is 360 g/mol. The number of hydrogen-bond acceptors (Lipinski definition) is 4. The summed E-state index contributed by atoms with van der Waals surface area (Å²) in [6.45, 7) is 2.24. The zero-order chi connectivity index (χ0) is 17.6. The highest BCUT2D eigenvalue weighted by molar-refractivity contribution is 6.31. The number of allylic oxidation sites excluding steroid dienone is 2. The Morgan fingerprint density at radius 1 is 1.04 bits per heavy atom. The van der Waals surface area contributed by atoms with Crippen LogP contribution in [0.2, 0.25) is 5.02 Å². The van der Waals surface area contributed by atoms with Crippen LogP contribution in [0.1, 0.15) is 18.9 Å². The van der Waals surface area contributed by atoms with E-state index >= 15 is 0 Å². The van der Waals surface area contributed by atoms with E-state index in [-0.39, 0.29) is 30.4 Å². The van der Waals surface area contributed by atoms with Gasteiger partial charge in [-0.15, -0.1) is 0 Å². The first-order valence-electron chi connectivity index (χ1n) is 8.86. The molecule has 6 atom stereocenters. The summed E-state index contributed by atoms with van der Waals surface area (Å²) in [5.74, 6) is -0.224. The van der Waals surface area contributed by atoms with Gasteiger partial charge in [0.15, 0.2) is 0 Å². The first kappa shape index (κ1) is 16.6. The smallest absolute Gasteiger partial charge is 0.310 e. The number of halogens is 1. The molecule has 0 saturated heterocycles. The van der Waals surface area contributed by atoms with Crippen molar-refractivity contribution in [1.82, 2.24) is 0 Å². The van der Waals surface area contributed by atoms with Crippen molar-refractivity contribution in [2.75, 3.05) is 6.61 Å². The summed E-state index contributed by atoms with van der Waals surface area (Å²) < 4.78 is 10.8. The Kier molecular flexibility index (Phi) is 4.32. The van der Waals surface area contributed by atoms with Crippen LogP contribution in [0.25, 0.3) is 0 Å². The number of carbonyl (C=O) groups is 2. The molecule has 0 radical (unpaired) electrons. The molecule has 1 aromatic rings. The summed E-state index contributed by atoms with van der Waals surface area (Å²) in [6.07, 6.45) is 5.31. The molecule has 0 heterocycles. The lowest BCUT2D eigenvalue weighted by molar-refractivity contribution is -0.168. The van der Waals surface area contributed by atoms with Crippen molar-refractivity contribution >= 4 is 23.5 Å². The largest absolute Gasteiger partial charge is 0.466 e. The zero-order valence-corrected chi connectivity index (χ0v) is 14.8. The van der Waals surface area contributed by atoms with Gasteiger partial charge in [0.25, 0.3) is 0 Å². The number of fused-ring (bicyclic) bond motifs is 1. The van der Waals surface area contributed by atoms with Gasteiger partial charge in [0.1, 0.15) is 6.61 Å². The lowest BCUT2D eigenvalue weighted by Gasteiger charge is -2.41. The fourth-order valence-corrected chi connectivity index (χ4v) is 4.81. The van der Waals surface area contributed by atoms with E-state index in [0.717, 1.165) is 12.0 Å². The fraction of sp³-hybridized carbons (Fsp3) is 0.500. The lowest BCUT2D eigenvalue weighted by atomic mass is 9.62. The predicted molar refractivity (Wildman–Crippen MR) is 92.6 cm³/mol. The zero-order valence-electron chi connectivity index (χ0n) is 14.1. The molecule has 2 fully saturated rings. The van der Waals surface area contributed by atoms with Gasteiger partial charge >= 0.3 is 11.9 Å². The quantitative estimate of drug-likeness (QED) is 0.594. The van der Waals surface area contributed by atoms with Crippen molar-refractivity contribution in [1.29, 1.82) is 0 Å². The fourth-order valence-electron chi connectivity index (χ4n) is 4.62. The summed E-state index contributed by atoms with van der Waals surface area (Å²) >= 11 is 6.13. The van der Waals surface area contributed by atoms with Crippen LogP contribution in [0.4, 0.5) is 0 Å². The highest BCUT2D eigenvalue weighted by atomic mass is 35.5. The maximum atomic E-state index is 12.8. The topological polar surface area (TPSA) is 52.6 Å². The molecule has 2 saturated carbocycles. The number of ether oxygens (including phenoxy) is 2. The van der Waals surface area contributed by atoms with Gasteiger partial charge in [0.05, 0.1) is 18.4 Å². The molecular formula is C20H21ClO4. The van der Waals surface area contributed by atoms with E-state index in [1.54, 1.807) is 13.0 Å². The molecular weight excluding hydrogens is 340 g/mol. The molecule has 2 bridgehead atoms. The molecule has 25 heavy (non-hydrogen) atoms. The Hall–Kier alpha value is -1.81. The van der Waals surface area contributed by atoms with E-state index in [1.165, 1.54) is 0 Å².